The van der Waals surface area contributed by atoms with E-state index >= 15 is 0 Å². The highest BCUT2D eigenvalue weighted by Crippen LogP contribution is 2.34. The van der Waals surface area contributed by atoms with Gasteiger partial charge in [0.25, 0.3) is 5.91 Å². The Kier molecular flexibility index (Phi) is 4.75. The maximum atomic E-state index is 12.0. The zero-order chi connectivity index (χ0) is 15.7. The van der Waals surface area contributed by atoms with E-state index in [0.717, 1.165) is 5.69 Å². The zero-order valence-electron chi connectivity index (χ0n) is 12.4. The van der Waals surface area contributed by atoms with Gasteiger partial charge in [0.05, 0.1) is 23.1 Å². The summed E-state index contributed by atoms with van der Waals surface area (Å²) < 4.78 is 12.3. The highest BCUT2D eigenvalue weighted by molar-refractivity contribution is 6.02. The minimum Gasteiger partial charge on any atom is -0.454 e. The zero-order valence-corrected chi connectivity index (χ0v) is 13.2. The van der Waals surface area contributed by atoms with Gasteiger partial charge in [-0.05, 0) is 18.6 Å². The molecule has 0 radical (unpaired) electrons. The number of carbonyl (C=O) groups excluding carboxylic acids is 1. The molecule has 4 N–H and O–H groups in total. The first-order valence-corrected chi connectivity index (χ1v) is 6.71. The molecule has 1 aliphatic rings. The van der Waals surface area contributed by atoms with Crippen LogP contribution in [-0.2, 0) is 6.42 Å². The number of benzene rings is 1. The maximum Gasteiger partial charge on any atom is 0.283 e. The lowest BCUT2D eigenvalue weighted by Gasteiger charge is -2.07. The lowest BCUT2D eigenvalue weighted by Crippen LogP contribution is -2.24. The summed E-state index contributed by atoms with van der Waals surface area (Å²) in [4.78, 5) is 15.6. The van der Waals surface area contributed by atoms with E-state index in [2.05, 4.69) is 10.1 Å². The summed E-state index contributed by atoms with van der Waals surface area (Å²) in [7, 11) is 0. The predicted octanol–water partition coefficient (Wildman–Crippen LogP) is 0.999. The van der Waals surface area contributed by atoms with Gasteiger partial charge in [-0.3, -0.25) is 4.79 Å². The summed E-state index contributed by atoms with van der Waals surface area (Å²) in [5, 5.41) is 4.26. The molecule has 0 saturated carbocycles. The van der Waals surface area contributed by atoms with Gasteiger partial charge in [-0.2, -0.15) is 10.1 Å². The first-order chi connectivity index (χ1) is 10.6. The minimum atomic E-state index is -0.510. The number of guanidine groups is 1. The van der Waals surface area contributed by atoms with E-state index in [0.29, 0.717) is 29.2 Å². The van der Waals surface area contributed by atoms with Crippen LogP contribution in [0.1, 0.15) is 23.0 Å². The fourth-order valence-electron chi connectivity index (χ4n) is 2.31. The molecule has 0 saturated heterocycles. The van der Waals surface area contributed by atoms with Crippen LogP contribution in [-0.4, -0.2) is 28.4 Å². The van der Waals surface area contributed by atoms with Crippen molar-refractivity contribution in [3.05, 3.63) is 35.7 Å². The Labute approximate surface area is 138 Å². The van der Waals surface area contributed by atoms with Crippen molar-refractivity contribution in [3.63, 3.8) is 0 Å². The van der Waals surface area contributed by atoms with E-state index in [4.69, 9.17) is 20.9 Å². The van der Waals surface area contributed by atoms with Crippen molar-refractivity contribution in [3.8, 4) is 17.2 Å². The van der Waals surface area contributed by atoms with Crippen LogP contribution in [0, 0.1) is 0 Å². The van der Waals surface area contributed by atoms with Gasteiger partial charge in [-0.1, -0.05) is 6.92 Å². The fraction of sp³-hybridized carbons (Fsp3) is 0.214. The van der Waals surface area contributed by atoms with Crippen LogP contribution in [0.4, 0.5) is 0 Å². The number of fused-ring (bicyclic) bond motifs is 1. The van der Waals surface area contributed by atoms with Gasteiger partial charge in [0.2, 0.25) is 6.79 Å². The highest BCUT2D eigenvalue weighted by atomic mass is 35.5. The van der Waals surface area contributed by atoms with Gasteiger partial charge in [0.15, 0.2) is 17.5 Å². The fourth-order valence-corrected chi connectivity index (χ4v) is 2.31. The number of amides is 1. The maximum absolute atomic E-state index is 12.0. The van der Waals surface area contributed by atoms with Crippen LogP contribution in [0.25, 0.3) is 5.69 Å². The van der Waals surface area contributed by atoms with Gasteiger partial charge in [-0.15, -0.1) is 12.4 Å². The number of halogens is 1. The molecule has 0 bridgehead atoms. The normalized spacial score (nSPS) is 11.7. The first kappa shape index (κ1) is 16.6. The van der Waals surface area contributed by atoms with E-state index in [-0.39, 0.29) is 25.2 Å². The molecule has 2 aromatic rings. The van der Waals surface area contributed by atoms with Gasteiger partial charge >= 0.3 is 0 Å². The molecular formula is C14H16ClN5O3. The number of rotatable bonds is 3. The summed E-state index contributed by atoms with van der Waals surface area (Å²) in [6.07, 6.45) is 2.05. The molecule has 1 aromatic heterocycles. The molecule has 23 heavy (non-hydrogen) atoms. The summed E-state index contributed by atoms with van der Waals surface area (Å²) in [6, 6.07) is 5.45. The molecule has 0 fully saturated rings. The van der Waals surface area contributed by atoms with Crippen molar-refractivity contribution < 1.29 is 14.3 Å². The van der Waals surface area contributed by atoms with Crippen molar-refractivity contribution in [1.29, 1.82) is 0 Å². The number of nitrogens with two attached hydrogens (primary N) is 2. The molecule has 1 aromatic carbocycles. The van der Waals surface area contributed by atoms with E-state index < -0.39 is 5.91 Å². The molecule has 0 spiro atoms. The number of hydrogen-bond acceptors (Lipinski definition) is 4. The smallest absolute Gasteiger partial charge is 0.283 e. The summed E-state index contributed by atoms with van der Waals surface area (Å²) in [5.74, 6) is 0.546. The van der Waals surface area contributed by atoms with Crippen molar-refractivity contribution >= 4 is 24.3 Å². The van der Waals surface area contributed by atoms with Crippen LogP contribution in [0.5, 0.6) is 11.5 Å². The molecule has 9 heteroatoms. The molecule has 1 aliphatic heterocycles. The number of ether oxygens (including phenoxy) is 2. The summed E-state index contributed by atoms with van der Waals surface area (Å²) in [5.41, 5.74) is 12.4. The van der Waals surface area contributed by atoms with Crippen LogP contribution in [0.15, 0.2) is 29.4 Å². The number of hydrogen-bond donors (Lipinski definition) is 2. The molecule has 0 unspecified atom stereocenters. The second kappa shape index (κ2) is 6.57. The molecule has 3 rings (SSSR count). The van der Waals surface area contributed by atoms with Crippen molar-refractivity contribution in [2.45, 2.75) is 13.3 Å². The Hall–Kier alpha value is -2.74. The van der Waals surface area contributed by atoms with E-state index in [1.165, 1.54) is 6.20 Å². The largest absolute Gasteiger partial charge is 0.454 e. The lowest BCUT2D eigenvalue weighted by molar-refractivity contribution is 0.100. The molecule has 122 valence electrons. The molecule has 0 atom stereocenters. The molecular weight excluding hydrogens is 322 g/mol. The molecule has 0 aliphatic carbocycles. The Morgan fingerprint density at radius 1 is 1.35 bits per heavy atom. The third-order valence-corrected chi connectivity index (χ3v) is 3.27. The van der Waals surface area contributed by atoms with Crippen LogP contribution in [0.2, 0.25) is 0 Å². The average Bonchev–Trinajstić information content (AvgIpc) is 3.11. The van der Waals surface area contributed by atoms with Crippen molar-refractivity contribution in [2.75, 3.05) is 6.79 Å². The lowest BCUT2D eigenvalue weighted by atomic mass is 10.2. The standard InChI is InChI=1S/C14H15N5O3.ClH/c1-2-10-9(13(20)18-14(15)16)6-17-19(10)8-3-4-11-12(5-8)22-7-21-11;/h3-6H,2,7H2,1H3,(H4,15,16,18,20);1H. The van der Waals surface area contributed by atoms with E-state index in [1.54, 1.807) is 10.7 Å². The topological polar surface area (TPSA) is 118 Å². The Morgan fingerprint density at radius 2 is 2.09 bits per heavy atom. The Morgan fingerprint density at radius 3 is 2.78 bits per heavy atom. The van der Waals surface area contributed by atoms with Gasteiger partial charge in [0, 0.05) is 6.07 Å². The first-order valence-electron chi connectivity index (χ1n) is 6.71. The van der Waals surface area contributed by atoms with Crippen LogP contribution >= 0.6 is 12.4 Å². The third kappa shape index (κ3) is 3.07. The number of nitrogens with zero attached hydrogens (tertiary/aromatic N) is 3. The Bertz CT molecular complexity index is 768. The van der Waals surface area contributed by atoms with Gasteiger partial charge < -0.3 is 20.9 Å². The Balaban J connectivity index is 0.00000192. The third-order valence-electron chi connectivity index (χ3n) is 3.27. The van der Waals surface area contributed by atoms with Crippen molar-refractivity contribution in [1.82, 2.24) is 9.78 Å². The van der Waals surface area contributed by atoms with Crippen LogP contribution < -0.4 is 20.9 Å². The van der Waals surface area contributed by atoms with Crippen molar-refractivity contribution in [2.24, 2.45) is 16.5 Å². The number of aromatic nitrogens is 2. The molecule has 1 amide bonds. The van der Waals surface area contributed by atoms with E-state index in [9.17, 15) is 4.79 Å². The van der Waals surface area contributed by atoms with Crippen LogP contribution in [0.3, 0.4) is 0 Å². The average molecular weight is 338 g/mol. The molecule has 8 nitrogen and oxygen atoms in total. The minimum absolute atomic E-state index is 0. The molecule has 2 heterocycles. The quantitative estimate of drug-likeness (QED) is 0.637. The number of carbonyl (C=O) groups is 1. The second-order valence-electron chi connectivity index (χ2n) is 4.65. The van der Waals surface area contributed by atoms with Gasteiger partial charge in [0.1, 0.15) is 0 Å². The SMILES string of the molecule is CCc1c(C(=O)N=C(N)N)cnn1-c1ccc2c(c1)OCO2.Cl. The summed E-state index contributed by atoms with van der Waals surface area (Å²) in [6.45, 7) is 2.12. The highest BCUT2D eigenvalue weighted by Gasteiger charge is 2.19. The second-order valence-corrected chi connectivity index (χ2v) is 4.65. The van der Waals surface area contributed by atoms with Gasteiger partial charge in [-0.25, -0.2) is 4.68 Å². The number of aliphatic imine (C=N–C) groups is 1. The predicted molar refractivity (Wildman–Crippen MR) is 86.5 cm³/mol. The monoisotopic (exact) mass is 337 g/mol. The van der Waals surface area contributed by atoms with E-state index in [1.807, 2.05) is 19.1 Å². The summed E-state index contributed by atoms with van der Waals surface area (Å²) >= 11 is 0.